The zero-order valence-corrected chi connectivity index (χ0v) is 17.5. The van der Waals surface area contributed by atoms with E-state index in [0.717, 1.165) is 11.3 Å². The molecule has 0 bridgehead atoms. The fourth-order valence-electron chi connectivity index (χ4n) is 5.17. The van der Waals surface area contributed by atoms with Crippen LogP contribution >= 0.6 is 7.92 Å². The fraction of sp³-hybridized carbons (Fsp3) is 0.520. The van der Waals surface area contributed by atoms with Crippen LogP contribution in [0.25, 0.3) is 11.1 Å². The molecule has 0 atom stereocenters. The molecule has 2 aromatic carbocycles. The highest BCUT2D eigenvalue weighted by Gasteiger charge is 2.33. The monoisotopic (exact) mass is 379 g/mol. The van der Waals surface area contributed by atoms with E-state index in [4.69, 9.17) is 5.73 Å². The highest BCUT2D eigenvalue weighted by atomic mass is 31.1. The molecule has 0 aromatic heterocycles. The minimum absolute atomic E-state index is 0.0725. The summed E-state index contributed by atoms with van der Waals surface area (Å²) >= 11 is 0. The van der Waals surface area contributed by atoms with E-state index < -0.39 is 0 Å². The molecule has 2 fully saturated rings. The highest BCUT2D eigenvalue weighted by Crippen LogP contribution is 2.56. The van der Waals surface area contributed by atoms with Gasteiger partial charge in [-0.2, -0.15) is 0 Å². The van der Waals surface area contributed by atoms with Crippen LogP contribution in [0.15, 0.2) is 48.5 Å². The van der Waals surface area contributed by atoms with Gasteiger partial charge < -0.3 is 5.73 Å². The minimum atomic E-state index is -0.0725. The quantitative estimate of drug-likeness (QED) is 0.583. The Bertz CT molecular complexity index is 693. The van der Waals surface area contributed by atoms with E-state index in [1.165, 1.54) is 80.9 Å². The summed E-state index contributed by atoms with van der Waals surface area (Å²) in [5.41, 5.74) is 11.8. The topological polar surface area (TPSA) is 26.0 Å². The molecule has 0 spiro atoms. The van der Waals surface area contributed by atoms with Crippen molar-refractivity contribution < 1.29 is 0 Å². The van der Waals surface area contributed by atoms with E-state index >= 15 is 0 Å². The summed E-state index contributed by atoms with van der Waals surface area (Å²) in [7, 11) is -0.0725. The summed E-state index contributed by atoms with van der Waals surface area (Å²) in [4.78, 5) is 0. The lowest BCUT2D eigenvalue weighted by molar-refractivity contribution is 0.487. The molecule has 2 saturated carbocycles. The van der Waals surface area contributed by atoms with Gasteiger partial charge in [0.25, 0.3) is 0 Å². The standard InChI is InChI=1S/C25H34NP/c26-19-20-15-17-21(18-16-20)24-13-7-8-14-25(24)27(22-9-3-1-4-10-22)23-11-5-2-6-12-23/h7-8,13-18,22-23H,1-6,9-12,19,26H2. The third-order valence-corrected chi connectivity index (χ3v) is 10.2. The van der Waals surface area contributed by atoms with Crippen molar-refractivity contribution in [2.75, 3.05) is 0 Å². The first-order chi connectivity index (χ1) is 13.4. The Morgan fingerprint density at radius 3 is 1.81 bits per heavy atom. The molecule has 0 amide bonds. The van der Waals surface area contributed by atoms with E-state index in [-0.39, 0.29) is 7.92 Å². The molecule has 0 aliphatic heterocycles. The summed E-state index contributed by atoms with van der Waals surface area (Å²) in [5, 5.41) is 1.69. The van der Waals surface area contributed by atoms with Crippen LogP contribution in [0.4, 0.5) is 0 Å². The van der Waals surface area contributed by atoms with Crippen molar-refractivity contribution in [1.82, 2.24) is 0 Å². The second kappa shape index (κ2) is 9.35. The maximum Gasteiger partial charge on any atom is 0.0178 e. The number of benzene rings is 2. The predicted octanol–water partition coefficient (Wildman–Crippen LogP) is 6.58. The molecule has 0 radical (unpaired) electrons. The summed E-state index contributed by atoms with van der Waals surface area (Å²) < 4.78 is 0. The molecule has 27 heavy (non-hydrogen) atoms. The molecule has 0 unspecified atom stereocenters. The number of nitrogens with two attached hydrogens (primary N) is 1. The van der Waals surface area contributed by atoms with E-state index in [1.54, 1.807) is 5.30 Å². The number of rotatable bonds is 5. The van der Waals surface area contributed by atoms with Gasteiger partial charge in [-0.3, -0.25) is 0 Å². The van der Waals surface area contributed by atoms with Crippen LogP contribution in [0.1, 0.15) is 69.8 Å². The molecule has 2 aliphatic rings. The lowest BCUT2D eigenvalue weighted by atomic mass is 9.99. The first kappa shape index (κ1) is 19.2. The lowest BCUT2D eigenvalue weighted by Crippen LogP contribution is -2.27. The van der Waals surface area contributed by atoms with Crippen molar-refractivity contribution in [1.29, 1.82) is 0 Å². The lowest BCUT2D eigenvalue weighted by Gasteiger charge is -2.39. The van der Waals surface area contributed by atoms with Gasteiger partial charge in [-0.15, -0.1) is 0 Å². The van der Waals surface area contributed by atoms with Gasteiger partial charge in [-0.1, -0.05) is 95.0 Å². The van der Waals surface area contributed by atoms with Crippen LogP contribution in [0.2, 0.25) is 0 Å². The maximum atomic E-state index is 5.81. The van der Waals surface area contributed by atoms with Crippen molar-refractivity contribution in [3.05, 3.63) is 54.1 Å². The molecule has 2 heteroatoms. The summed E-state index contributed by atoms with van der Waals surface area (Å²) in [6, 6.07) is 18.3. The van der Waals surface area contributed by atoms with Gasteiger partial charge in [0.15, 0.2) is 0 Å². The van der Waals surface area contributed by atoms with Gasteiger partial charge >= 0.3 is 0 Å². The molecule has 2 aliphatic carbocycles. The van der Waals surface area contributed by atoms with Gasteiger partial charge in [0.05, 0.1) is 0 Å². The fourth-order valence-corrected chi connectivity index (χ4v) is 9.14. The van der Waals surface area contributed by atoms with Crippen molar-refractivity contribution in [2.24, 2.45) is 5.73 Å². The van der Waals surface area contributed by atoms with Crippen LogP contribution < -0.4 is 11.0 Å². The van der Waals surface area contributed by atoms with Gasteiger partial charge in [-0.05, 0) is 59.0 Å². The van der Waals surface area contributed by atoms with Crippen LogP contribution in [0.5, 0.6) is 0 Å². The summed E-state index contributed by atoms with van der Waals surface area (Å²) in [6.45, 7) is 0.624. The first-order valence-corrected chi connectivity index (χ1v) is 12.5. The van der Waals surface area contributed by atoms with Crippen LogP contribution in [-0.4, -0.2) is 11.3 Å². The van der Waals surface area contributed by atoms with E-state index in [2.05, 4.69) is 48.5 Å². The molecule has 1 nitrogen and oxygen atoms in total. The third-order valence-electron chi connectivity index (χ3n) is 6.62. The molecule has 0 saturated heterocycles. The number of hydrogen-bond donors (Lipinski definition) is 1. The normalized spacial score (nSPS) is 19.5. The molecular formula is C25H34NP. The Kier molecular flexibility index (Phi) is 6.64. The second-order valence-corrected chi connectivity index (χ2v) is 11.2. The Labute approximate surface area is 166 Å². The van der Waals surface area contributed by atoms with E-state index in [1.807, 2.05) is 0 Å². The Morgan fingerprint density at radius 2 is 1.26 bits per heavy atom. The van der Waals surface area contributed by atoms with Crippen LogP contribution in [0.3, 0.4) is 0 Å². The second-order valence-electron chi connectivity index (χ2n) is 8.41. The average molecular weight is 380 g/mol. The molecule has 2 aromatic rings. The van der Waals surface area contributed by atoms with Gasteiger partial charge in [0, 0.05) is 6.54 Å². The van der Waals surface area contributed by atoms with Gasteiger partial charge in [0.1, 0.15) is 0 Å². The largest absolute Gasteiger partial charge is 0.326 e. The van der Waals surface area contributed by atoms with Crippen molar-refractivity contribution in [3.8, 4) is 11.1 Å². The predicted molar refractivity (Wildman–Crippen MR) is 120 cm³/mol. The smallest absolute Gasteiger partial charge is 0.0178 e. The molecule has 0 heterocycles. The molecule has 2 N–H and O–H groups in total. The van der Waals surface area contributed by atoms with Gasteiger partial charge in [0.2, 0.25) is 0 Å². The van der Waals surface area contributed by atoms with E-state index in [0.29, 0.717) is 6.54 Å². The molecule has 144 valence electrons. The Hall–Kier alpha value is -1.17. The summed E-state index contributed by atoms with van der Waals surface area (Å²) in [6.07, 6.45) is 14.5. The van der Waals surface area contributed by atoms with Crippen molar-refractivity contribution in [2.45, 2.75) is 82.1 Å². The summed E-state index contributed by atoms with van der Waals surface area (Å²) in [5.74, 6) is 0. The first-order valence-electron chi connectivity index (χ1n) is 11.0. The third kappa shape index (κ3) is 4.47. The zero-order valence-electron chi connectivity index (χ0n) is 16.6. The van der Waals surface area contributed by atoms with Crippen LogP contribution in [0, 0.1) is 0 Å². The van der Waals surface area contributed by atoms with Crippen molar-refractivity contribution >= 4 is 13.2 Å². The molecular weight excluding hydrogens is 345 g/mol. The minimum Gasteiger partial charge on any atom is -0.326 e. The Balaban J connectivity index is 1.72. The Morgan fingerprint density at radius 1 is 0.704 bits per heavy atom. The SMILES string of the molecule is NCc1ccc(-c2ccccc2P(C2CCCCC2)C2CCCCC2)cc1. The van der Waals surface area contributed by atoms with E-state index in [9.17, 15) is 0 Å². The maximum absolute atomic E-state index is 5.81. The molecule has 4 rings (SSSR count). The average Bonchev–Trinajstić information content (AvgIpc) is 2.76. The van der Waals surface area contributed by atoms with Crippen LogP contribution in [-0.2, 0) is 6.54 Å². The highest BCUT2D eigenvalue weighted by molar-refractivity contribution is 7.67. The zero-order chi connectivity index (χ0) is 18.5. The number of hydrogen-bond acceptors (Lipinski definition) is 1. The van der Waals surface area contributed by atoms with Gasteiger partial charge in [-0.25, -0.2) is 0 Å². The van der Waals surface area contributed by atoms with Crippen molar-refractivity contribution in [3.63, 3.8) is 0 Å².